The minimum Gasteiger partial charge on any atom is -0.506 e. The fourth-order valence-electron chi connectivity index (χ4n) is 2.00. The van der Waals surface area contributed by atoms with E-state index in [4.69, 9.17) is 5.73 Å². The average Bonchev–Trinajstić information content (AvgIpc) is 2.20. The highest BCUT2D eigenvalue weighted by atomic mass is 16.3. The zero-order valence-electron chi connectivity index (χ0n) is 9.22. The molecular formula is C12H19NO. The second-order valence-electron chi connectivity index (χ2n) is 3.49. The predicted molar refractivity (Wildman–Crippen MR) is 60.7 cm³/mol. The van der Waals surface area contributed by atoms with Gasteiger partial charge in [0.05, 0.1) is 5.69 Å². The molecule has 0 fully saturated rings. The molecule has 14 heavy (non-hydrogen) atoms. The normalized spacial score (nSPS) is 10.5. The van der Waals surface area contributed by atoms with Gasteiger partial charge in [0, 0.05) is 0 Å². The summed E-state index contributed by atoms with van der Waals surface area (Å²) in [5, 5.41) is 9.64. The quantitative estimate of drug-likeness (QED) is 0.572. The molecule has 78 valence electrons. The van der Waals surface area contributed by atoms with E-state index in [1.165, 1.54) is 11.1 Å². The Morgan fingerprint density at radius 2 is 1.64 bits per heavy atom. The summed E-state index contributed by atoms with van der Waals surface area (Å²) < 4.78 is 0. The van der Waals surface area contributed by atoms with Crippen LogP contribution in [0.25, 0.3) is 0 Å². The van der Waals surface area contributed by atoms with Gasteiger partial charge in [0.2, 0.25) is 0 Å². The summed E-state index contributed by atoms with van der Waals surface area (Å²) in [6, 6.07) is 1.80. The largest absolute Gasteiger partial charge is 0.506 e. The van der Waals surface area contributed by atoms with E-state index in [1.807, 2.05) is 0 Å². The highest BCUT2D eigenvalue weighted by molar-refractivity contribution is 5.63. The highest BCUT2D eigenvalue weighted by Gasteiger charge is 2.11. The lowest BCUT2D eigenvalue weighted by molar-refractivity contribution is 0.476. The molecule has 0 atom stereocenters. The summed E-state index contributed by atoms with van der Waals surface area (Å²) in [7, 11) is 0. The summed E-state index contributed by atoms with van der Waals surface area (Å²) in [4.78, 5) is 0. The first-order chi connectivity index (χ1) is 6.65. The van der Waals surface area contributed by atoms with Crippen molar-refractivity contribution in [1.29, 1.82) is 0 Å². The second-order valence-corrected chi connectivity index (χ2v) is 3.49. The van der Waals surface area contributed by atoms with Crippen LogP contribution in [0, 0.1) is 0 Å². The van der Waals surface area contributed by atoms with Crippen LogP contribution in [0.1, 0.15) is 37.5 Å². The van der Waals surface area contributed by atoms with Gasteiger partial charge in [-0.3, -0.25) is 0 Å². The van der Waals surface area contributed by atoms with Crippen molar-refractivity contribution in [3.63, 3.8) is 0 Å². The number of aromatic hydroxyl groups is 1. The molecule has 1 rings (SSSR count). The molecule has 0 heterocycles. The van der Waals surface area contributed by atoms with Crippen LogP contribution in [0.3, 0.4) is 0 Å². The van der Waals surface area contributed by atoms with Crippen LogP contribution in [0.15, 0.2) is 6.07 Å². The Kier molecular flexibility index (Phi) is 3.39. The number of rotatable bonds is 3. The average molecular weight is 193 g/mol. The molecular weight excluding hydrogens is 174 g/mol. The van der Waals surface area contributed by atoms with Gasteiger partial charge in [-0.15, -0.1) is 0 Å². The van der Waals surface area contributed by atoms with Crippen LogP contribution in [0.5, 0.6) is 5.75 Å². The SMILES string of the molecule is CCc1cc(O)c(N)c(CC)c1CC. The predicted octanol–water partition coefficient (Wildman–Crippen LogP) is 2.66. The zero-order valence-corrected chi connectivity index (χ0v) is 9.22. The van der Waals surface area contributed by atoms with E-state index in [2.05, 4.69) is 20.8 Å². The monoisotopic (exact) mass is 193 g/mol. The Labute approximate surface area is 85.8 Å². The Hall–Kier alpha value is -1.18. The van der Waals surface area contributed by atoms with Gasteiger partial charge in [-0.05, 0) is 42.0 Å². The smallest absolute Gasteiger partial charge is 0.139 e. The van der Waals surface area contributed by atoms with Gasteiger partial charge in [0.25, 0.3) is 0 Å². The van der Waals surface area contributed by atoms with E-state index >= 15 is 0 Å². The first-order valence-corrected chi connectivity index (χ1v) is 5.27. The molecule has 0 saturated heterocycles. The zero-order chi connectivity index (χ0) is 10.7. The maximum atomic E-state index is 9.64. The minimum atomic E-state index is 0.232. The van der Waals surface area contributed by atoms with Crippen molar-refractivity contribution in [2.75, 3.05) is 5.73 Å². The lowest BCUT2D eigenvalue weighted by Crippen LogP contribution is -2.03. The van der Waals surface area contributed by atoms with Crippen molar-refractivity contribution in [3.05, 3.63) is 22.8 Å². The number of phenolic OH excluding ortho intramolecular Hbond substituents is 1. The molecule has 3 N–H and O–H groups in total. The van der Waals surface area contributed by atoms with E-state index in [0.717, 1.165) is 24.8 Å². The van der Waals surface area contributed by atoms with Gasteiger partial charge in [0.1, 0.15) is 5.75 Å². The molecule has 0 spiro atoms. The summed E-state index contributed by atoms with van der Waals surface area (Å²) in [6.07, 6.45) is 2.82. The molecule has 1 aromatic rings. The van der Waals surface area contributed by atoms with Crippen molar-refractivity contribution in [2.45, 2.75) is 40.0 Å². The highest BCUT2D eigenvalue weighted by Crippen LogP contribution is 2.31. The van der Waals surface area contributed by atoms with Gasteiger partial charge in [-0.2, -0.15) is 0 Å². The number of nitrogens with two attached hydrogens (primary N) is 1. The van der Waals surface area contributed by atoms with Crippen LogP contribution in [0.4, 0.5) is 5.69 Å². The van der Waals surface area contributed by atoms with E-state index in [-0.39, 0.29) is 5.75 Å². The molecule has 2 nitrogen and oxygen atoms in total. The number of nitrogen functional groups attached to an aromatic ring is 1. The molecule has 0 radical (unpaired) electrons. The molecule has 0 saturated carbocycles. The lowest BCUT2D eigenvalue weighted by atomic mass is 9.93. The van der Waals surface area contributed by atoms with Crippen LogP contribution in [-0.4, -0.2) is 5.11 Å². The number of aryl methyl sites for hydroxylation is 1. The molecule has 0 bridgehead atoms. The second kappa shape index (κ2) is 4.36. The van der Waals surface area contributed by atoms with Crippen molar-refractivity contribution in [1.82, 2.24) is 0 Å². The molecule has 0 aromatic heterocycles. The van der Waals surface area contributed by atoms with Gasteiger partial charge in [-0.25, -0.2) is 0 Å². The first kappa shape index (κ1) is 10.9. The maximum absolute atomic E-state index is 9.64. The van der Waals surface area contributed by atoms with Crippen LogP contribution < -0.4 is 5.73 Å². The third-order valence-electron chi connectivity index (χ3n) is 2.75. The summed E-state index contributed by atoms with van der Waals surface area (Å²) in [5.74, 6) is 0.232. The van der Waals surface area contributed by atoms with Crippen molar-refractivity contribution >= 4 is 5.69 Å². The molecule has 1 aromatic carbocycles. The summed E-state index contributed by atoms with van der Waals surface area (Å²) in [6.45, 7) is 6.30. The molecule has 0 aliphatic carbocycles. The van der Waals surface area contributed by atoms with Gasteiger partial charge >= 0.3 is 0 Å². The van der Waals surface area contributed by atoms with Gasteiger partial charge in [-0.1, -0.05) is 20.8 Å². The van der Waals surface area contributed by atoms with Crippen molar-refractivity contribution in [3.8, 4) is 5.75 Å². The third-order valence-corrected chi connectivity index (χ3v) is 2.75. The van der Waals surface area contributed by atoms with Crippen molar-refractivity contribution in [2.24, 2.45) is 0 Å². The molecule has 2 heteroatoms. The number of hydrogen-bond acceptors (Lipinski definition) is 2. The number of benzene rings is 1. The third kappa shape index (κ3) is 1.69. The Morgan fingerprint density at radius 1 is 1.07 bits per heavy atom. The van der Waals surface area contributed by atoms with Crippen LogP contribution in [0.2, 0.25) is 0 Å². The van der Waals surface area contributed by atoms with E-state index in [1.54, 1.807) is 6.07 Å². The summed E-state index contributed by atoms with van der Waals surface area (Å²) in [5.41, 5.74) is 10.0. The topological polar surface area (TPSA) is 46.2 Å². The fraction of sp³-hybridized carbons (Fsp3) is 0.500. The number of hydrogen-bond donors (Lipinski definition) is 2. The van der Waals surface area contributed by atoms with Gasteiger partial charge < -0.3 is 10.8 Å². The Morgan fingerprint density at radius 3 is 2.07 bits per heavy atom. The van der Waals surface area contributed by atoms with Crippen LogP contribution in [-0.2, 0) is 19.3 Å². The standard InChI is InChI=1S/C12H19NO/c1-4-8-7-11(14)12(13)10(6-3)9(8)5-2/h7,14H,4-6,13H2,1-3H3. The summed E-state index contributed by atoms with van der Waals surface area (Å²) >= 11 is 0. The number of anilines is 1. The minimum absolute atomic E-state index is 0.232. The van der Waals surface area contributed by atoms with E-state index in [9.17, 15) is 5.11 Å². The molecule has 0 aliphatic heterocycles. The van der Waals surface area contributed by atoms with E-state index < -0.39 is 0 Å². The Balaban J connectivity index is 3.42. The molecule has 0 aliphatic rings. The fourth-order valence-corrected chi connectivity index (χ4v) is 2.00. The first-order valence-electron chi connectivity index (χ1n) is 5.27. The molecule has 0 amide bonds. The number of phenols is 1. The lowest BCUT2D eigenvalue weighted by Gasteiger charge is -2.15. The van der Waals surface area contributed by atoms with Gasteiger partial charge in [0.15, 0.2) is 0 Å². The maximum Gasteiger partial charge on any atom is 0.139 e. The van der Waals surface area contributed by atoms with Crippen LogP contribution >= 0.6 is 0 Å². The van der Waals surface area contributed by atoms with Crippen molar-refractivity contribution < 1.29 is 5.11 Å². The van der Waals surface area contributed by atoms with E-state index in [0.29, 0.717) is 5.69 Å². The Bertz CT molecular complexity index is 332. The molecule has 0 unspecified atom stereocenters.